The lowest BCUT2D eigenvalue weighted by atomic mass is 9.84. The van der Waals surface area contributed by atoms with Crippen molar-refractivity contribution in [3.8, 4) is 0 Å². The third-order valence-electron chi connectivity index (χ3n) is 3.50. The first kappa shape index (κ1) is 11.6. The molecule has 2 nitrogen and oxygen atoms in total. The van der Waals surface area contributed by atoms with Crippen molar-refractivity contribution in [1.29, 1.82) is 0 Å². The van der Waals surface area contributed by atoms with Crippen LogP contribution in [0.25, 0.3) is 0 Å². The van der Waals surface area contributed by atoms with Crippen LogP contribution in [-0.4, -0.2) is 24.3 Å². The van der Waals surface area contributed by atoms with E-state index in [1.54, 1.807) is 0 Å². The molecule has 0 spiro atoms. The molecule has 1 heterocycles. The normalized spacial score (nSPS) is 22.9. The van der Waals surface area contributed by atoms with Gasteiger partial charge in [-0.2, -0.15) is 0 Å². The number of hydrogen-bond acceptors (Lipinski definition) is 2. The molecule has 1 aromatic carbocycles. The Morgan fingerprint density at radius 1 is 1.25 bits per heavy atom. The maximum Gasteiger partial charge on any atom is 0.0437 e. The van der Waals surface area contributed by atoms with Gasteiger partial charge in [0, 0.05) is 18.6 Å². The Morgan fingerprint density at radius 3 is 2.69 bits per heavy atom. The molecule has 0 amide bonds. The van der Waals surface area contributed by atoms with Gasteiger partial charge in [0.05, 0.1) is 0 Å². The van der Waals surface area contributed by atoms with Gasteiger partial charge in [-0.3, -0.25) is 0 Å². The van der Waals surface area contributed by atoms with Crippen LogP contribution >= 0.6 is 0 Å². The smallest absolute Gasteiger partial charge is 0.0437 e. The second-order valence-electron chi connectivity index (χ2n) is 4.59. The number of nitrogens with one attached hydrogen (secondary N) is 1. The molecule has 2 N–H and O–H groups in total. The zero-order valence-corrected chi connectivity index (χ0v) is 9.73. The summed E-state index contributed by atoms with van der Waals surface area (Å²) < 4.78 is 0. The van der Waals surface area contributed by atoms with Crippen LogP contribution in [0.4, 0.5) is 0 Å². The highest BCUT2D eigenvalue weighted by atomic mass is 16.3. The van der Waals surface area contributed by atoms with Crippen molar-refractivity contribution < 1.29 is 5.11 Å². The van der Waals surface area contributed by atoms with Gasteiger partial charge in [-0.25, -0.2) is 0 Å². The molecule has 0 aliphatic carbocycles. The molecule has 88 valence electrons. The number of aliphatic hydroxyl groups excluding tert-OH is 1. The summed E-state index contributed by atoms with van der Waals surface area (Å²) in [5, 5.41) is 12.8. The summed E-state index contributed by atoms with van der Waals surface area (Å²) in [6.07, 6.45) is 4.70. The van der Waals surface area contributed by atoms with Crippen molar-refractivity contribution in [1.82, 2.24) is 5.32 Å². The Balaban J connectivity index is 2.09. The standard InChI is InChI=1S/C14H21NO/c16-11-9-13(12-6-2-1-3-7-12)14-8-4-5-10-15-14/h1-3,6-7,13-16H,4-5,8-11H2/t13-,14-/m0/s1. The van der Waals surface area contributed by atoms with Gasteiger partial charge in [0.1, 0.15) is 0 Å². The molecular weight excluding hydrogens is 198 g/mol. The summed E-state index contributed by atoms with van der Waals surface area (Å²) in [7, 11) is 0. The maximum atomic E-state index is 9.20. The van der Waals surface area contributed by atoms with E-state index in [0.717, 1.165) is 13.0 Å². The SMILES string of the molecule is OCC[C@@H](c1ccccc1)[C@@H]1CCCCN1. The summed E-state index contributed by atoms with van der Waals surface area (Å²) in [5.41, 5.74) is 1.36. The van der Waals surface area contributed by atoms with E-state index >= 15 is 0 Å². The van der Waals surface area contributed by atoms with Gasteiger partial charge in [-0.15, -0.1) is 0 Å². The van der Waals surface area contributed by atoms with Crippen LogP contribution in [0.15, 0.2) is 30.3 Å². The fraction of sp³-hybridized carbons (Fsp3) is 0.571. The molecule has 1 aromatic rings. The van der Waals surface area contributed by atoms with Crippen molar-refractivity contribution in [2.45, 2.75) is 37.6 Å². The summed E-state index contributed by atoms with van der Waals surface area (Å²) >= 11 is 0. The van der Waals surface area contributed by atoms with E-state index in [9.17, 15) is 5.11 Å². The molecule has 1 aliphatic rings. The number of benzene rings is 1. The average molecular weight is 219 g/mol. The maximum absolute atomic E-state index is 9.20. The van der Waals surface area contributed by atoms with Gasteiger partial charge >= 0.3 is 0 Å². The van der Waals surface area contributed by atoms with Crippen LogP contribution in [0.1, 0.15) is 37.2 Å². The molecule has 1 aliphatic heterocycles. The molecule has 0 unspecified atom stereocenters. The van der Waals surface area contributed by atoms with Gasteiger partial charge < -0.3 is 10.4 Å². The Kier molecular flexibility index (Phi) is 4.37. The summed E-state index contributed by atoms with van der Waals surface area (Å²) in [6.45, 7) is 1.40. The third kappa shape index (κ3) is 2.83. The topological polar surface area (TPSA) is 32.3 Å². The number of rotatable bonds is 4. The van der Waals surface area contributed by atoms with Crippen molar-refractivity contribution in [3.63, 3.8) is 0 Å². The fourth-order valence-electron chi connectivity index (χ4n) is 2.66. The van der Waals surface area contributed by atoms with E-state index in [1.165, 1.54) is 24.8 Å². The van der Waals surface area contributed by atoms with Crippen LogP contribution in [0, 0.1) is 0 Å². The van der Waals surface area contributed by atoms with E-state index in [1.807, 2.05) is 6.07 Å². The van der Waals surface area contributed by atoms with Crippen LogP contribution in [0.5, 0.6) is 0 Å². The van der Waals surface area contributed by atoms with Gasteiger partial charge in [-0.05, 0) is 31.4 Å². The first-order valence-electron chi connectivity index (χ1n) is 6.31. The molecule has 16 heavy (non-hydrogen) atoms. The lowest BCUT2D eigenvalue weighted by Crippen LogP contribution is -2.39. The quantitative estimate of drug-likeness (QED) is 0.814. The van der Waals surface area contributed by atoms with E-state index < -0.39 is 0 Å². The number of hydrogen-bond donors (Lipinski definition) is 2. The molecule has 0 saturated carbocycles. The lowest BCUT2D eigenvalue weighted by molar-refractivity contribution is 0.247. The van der Waals surface area contributed by atoms with E-state index in [4.69, 9.17) is 0 Å². The van der Waals surface area contributed by atoms with Gasteiger partial charge in [0.2, 0.25) is 0 Å². The largest absolute Gasteiger partial charge is 0.396 e. The zero-order chi connectivity index (χ0) is 11.2. The first-order chi connectivity index (χ1) is 7.92. The molecule has 1 fully saturated rings. The Bertz CT molecular complexity index is 293. The molecule has 0 aromatic heterocycles. The zero-order valence-electron chi connectivity index (χ0n) is 9.73. The minimum atomic E-state index is 0.276. The molecule has 2 rings (SSSR count). The Labute approximate surface area is 97.7 Å². The Hall–Kier alpha value is -0.860. The van der Waals surface area contributed by atoms with Crippen molar-refractivity contribution >= 4 is 0 Å². The average Bonchev–Trinajstić information content (AvgIpc) is 2.38. The molecule has 1 saturated heterocycles. The highest BCUT2D eigenvalue weighted by Crippen LogP contribution is 2.27. The second kappa shape index (κ2) is 6.02. The van der Waals surface area contributed by atoms with E-state index in [0.29, 0.717) is 12.0 Å². The Morgan fingerprint density at radius 2 is 2.06 bits per heavy atom. The van der Waals surface area contributed by atoms with Gasteiger partial charge in [-0.1, -0.05) is 36.8 Å². The fourth-order valence-corrected chi connectivity index (χ4v) is 2.66. The molecule has 2 heteroatoms. The van der Waals surface area contributed by atoms with Crippen LogP contribution in [0.3, 0.4) is 0 Å². The highest BCUT2D eigenvalue weighted by Gasteiger charge is 2.23. The predicted molar refractivity (Wildman–Crippen MR) is 66.5 cm³/mol. The monoisotopic (exact) mass is 219 g/mol. The molecular formula is C14H21NO. The first-order valence-corrected chi connectivity index (χ1v) is 6.31. The van der Waals surface area contributed by atoms with Crippen molar-refractivity contribution in [3.05, 3.63) is 35.9 Å². The molecule has 0 radical (unpaired) electrons. The summed E-state index contributed by atoms with van der Waals surface area (Å²) in [4.78, 5) is 0. The summed E-state index contributed by atoms with van der Waals surface area (Å²) in [5.74, 6) is 0.464. The van der Waals surface area contributed by atoms with Crippen LogP contribution in [0.2, 0.25) is 0 Å². The number of aliphatic hydroxyl groups is 1. The molecule has 0 bridgehead atoms. The summed E-state index contributed by atoms with van der Waals surface area (Å²) in [6, 6.07) is 11.1. The van der Waals surface area contributed by atoms with E-state index in [2.05, 4.69) is 29.6 Å². The second-order valence-corrected chi connectivity index (χ2v) is 4.59. The van der Waals surface area contributed by atoms with Crippen LogP contribution < -0.4 is 5.32 Å². The van der Waals surface area contributed by atoms with Crippen molar-refractivity contribution in [2.24, 2.45) is 0 Å². The lowest BCUT2D eigenvalue weighted by Gasteiger charge is -2.31. The molecule has 2 atom stereocenters. The van der Waals surface area contributed by atoms with Gasteiger partial charge in [0.15, 0.2) is 0 Å². The minimum absolute atomic E-state index is 0.276. The van der Waals surface area contributed by atoms with Crippen molar-refractivity contribution in [2.75, 3.05) is 13.2 Å². The van der Waals surface area contributed by atoms with Gasteiger partial charge in [0.25, 0.3) is 0 Å². The van der Waals surface area contributed by atoms with E-state index in [-0.39, 0.29) is 6.61 Å². The predicted octanol–water partition coefficient (Wildman–Crippen LogP) is 2.29. The van der Waals surface area contributed by atoms with Crippen LogP contribution in [-0.2, 0) is 0 Å². The number of piperidine rings is 1. The third-order valence-corrected chi connectivity index (χ3v) is 3.50. The highest BCUT2D eigenvalue weighted by molar-refractivity contribution is 5.21. The minimum Gasteiger partial charge on any atom is -0.396 e.